The van der Waals surface area contributed by atoms with Gasteiger partial charge in [0.2, 0.25) is 5.91 Å². The Morgan fingerprint density at radius 3 is 2.83 bits per heavy atom. The van der Waals surface area contributed by atoms with Crippen LogP contribution in [0.5, 0.6) is 0 Å². The van der Waals surface area contributed by atoms with E-state index in [1.54, 1.807) is 0 Å². The highest BCUT2D eigenvalue weighted by atomic mass is 16.1. The van der Waals surface area contributed by atoms with Crippen LogP contribution in [0.2, 0.25) is 0 Å². The first-order valence-corrected chi connectivity index (χ1v) is 6.52. The molecular weight excluding hydrogens is 226 g/mol. The fourth-order valence-corrected chi connectivity index (χ4v) is 2.91. The van der Waals surface area contributed by atoms with Crippen LogP contribution in [0.1, 0.15) is 30.5 Å². The highest BCUT2D eigenvalue weighted by Crippen LogP contribution is 2.30. The molecular formula is C14H21N3O. The van der Waals surface area contributed by atoms with E-state index < -0.39 is 0 Å². The molecule has 0 spiro atoms. The lowest BCUT2D eigenvalue weighted by atomic mass is 9.91. The van der Waals surface area contributed by atoms with Gasteiger partial charge in [-0.1, -0.05) is 31.2 Å². The first kappa shape index (κ1) is 13.1. The first-order chi connectivity index (χ1) is 8.69. The van der Waals surface area contributed by atoms with E-state index in [2.05, 4.69) is 17.0 Å². The maximum atomic E-state index is 11.5. The lowest BCUT2D eigenvalue weighted by Gasteiger charge is -2.40. The van der Waals surface area contributed by atoms with E-state index in [4.69, 9.17) is 11.5 Å². The standard InChI is InChI=1S/C14H21N3O/c1-2-12(14(16)18)17-8-7-10-5-3-4-6-11(10)13(17)9-15/h3-6,12-13H,2,7-9,15H2,1H3,(H2,16,18). The molecule has 1 aliphatic heterocycles. The zero-order chi connectivity index (χ0) is 13.1. The van der Waals surface area contributed by atoms with Crippen LogP contribution in [0, 0.1) is 0 Å². The van der Waals surface area contributed by atoms with Crippen molar-refractivity contribution in [3.05, 3.63) is 35.4 Å². The zero-order valence-corrected chi connectivity index (χ0v) is 10.8. The van der Waals surface area contributed by atoms with Gasteiger partial charge in [0.15, 0.2) is 0 Å². The third kappa shape index (κ3) is 2.26. The van der Waals surface area contributed by atoms with Crippen molar-refractivity contribution in [2.75, 3.05) is 13.1 Å². The van der Waals surface area contributed by atoms with Gasteiger partial charge in [0.25, 0.3) is 0 Å². The van der Waals surface area contributed by atoms with E-state index in [-0.39, 0.29) is 18.0 Å². The van der Waals surface area contributed by atoms with Gasteiger partial charge in [-0.2, -0.15) is 0 Å². The van der Waals surface area contributed by atoms with Crippen molar-refractivity contribution >= 4 is 5.91 Å². The van der Waals surface area contributed by atoms with E-state index >= 15 is 0 Å². The molecule has 18 heavy (non-hydrogen) atoms. The lowest BCUT2D eigenvalue weighted by molar-refractivity contribution is -0.124. The van der Waals surface area contributed by atoms with Crippen molar-refractivity contribution in [2.24, 2.45) is 11.5 Å². The Kier molecular flexibility index (Phi) is 3.99. The lowest BCUT2D eigenvalue weighted by Crippen LogP contribution is -2.50. The summed E-state index contributed by atoms with van der Waals surface area (Å²) in [5, 5.41) is 0. The van der Waals surface area contributed by atoms with E-state index in [1.165, 1.54) is 11.1 Å². The predicted octanol–water partition coefficient (Wildman–Crippen LogP) is 0.808. The summed E-state index contributed by atoms with van der Waals surface area (Å²) < 4.78 is 0. The molecule has 1 amide bonds. The molecule has 1 heterocycles. The van der Waals surface area contributed by atoms with Crippen LogP contribution in [0.25, 0.3) is 0 Å². The second kappa shape index (κ2) is 5.50. The maximum Gasteiger partial charge on any atom is 0.234 e. The van der Waals surface area contributed by atoms with Crippen LogP contribution in [0.15, 0.2) is 24.3 Å². The van der Waals surface area contributed by atoms with E-state index in [0.29, 0.717) is 6.54 Å². The molecule has 0 bridgehead atoms. The van der Waals surface area contributed by atoms with Crippen LogP contribution < -0.4 is 11.5 Å². The Morgan fingerprint density at radius 1 is 1.50 bits per heavy atom. The molecule has 98 valence electrons. The summed E-state index contributed by atoms with van der Waals surface area (Å²) in [7, 11) is 0. The molecule has 2 rings (SSSR count). The van der Waals surface area contributed by atoms with Crippen molar-refractivity contribution < 1.29 is 4.79 Å². The van der Waals surface area contributed by atoms with E-state index in [9.17, 15) is 4.79 Å². The molecule has 0 radical (unpaired) electrons. The number of primary amides is 1. The van der Waals surface area contributed by atoms with Crippen LogP contribution in [-0.4, -0.2) is 29.9 Å². The van der Waals surface area contributed by atoms with Crippen LogP contribution >= 0.6 is 0 Å². The Labute approximate surface area is 108 Å². The number of rotatable bonds is 4. The zero-order valence-electron chi connectivity index (χ0n) is 10.8. The van der Waals surface area contributed by atoms with Crippen LogP contribution in [0.4, 0.5) is 0 Å². The van der Waals surface area contributed by atoms with E-state index in [1.807, 2.05) is 19.1 Å². The van der Waals surface area contributed by atoms with Gasteiger partial charge in [-0.05, 0) is 24.0 Å². The summed E-state index contributed by atoms with van der Waals surface area (Å²) in [4.78, 5) is 13.7. The van der Waals surface area contributed by atoms with Gasteiger partial charge >= 0.3 is 0 Å². The summed E-state index contributed by atoms with van der Waals surface area (Å²) in [5.41, 5.74) is 14.0. The number of benzene rings is 1. The highest BCUT2D eigenvalue weighted by Gasteiger charge is 2.32. The molecule has 1 aromatic rings. The largest absolute Gasteiger partial charge is 0.368 e. The summed E-state index contributed by atoms with van der Waals surface area (Å²) in [5.74, 6) is -0.254. The van der Waals surface area contributed by atoms with Crippen molar-refractivity contribution in [3.8, 4) is 0 Å². The molecule has 0 aliphatic carbocycles. The summed E-state index contributed by atoms with van der Waals surface area (Å²) >= 11 is 0. The Balaban J connectivity index is 2.33. The second-order valence-electron chi connectivity index (χ2n) is 4.76. The summed E-state index contributed by atoms with van der Waals surface area (Å²) in [6.45, 7) is 3.35. The van der Waals surface area contributed by atoms with Gasteiger partial charge in [0, 0.05) is 19.1 Å². The topological polar surface area (TPSA) is 72.4 Å². The molecule has 0 saturated carbocycles. The van der Waals surface area contributed by atoms with Gasteiger partial charge in [-0.3, -0.25) is 9.69 Å². The van der Waals surface area contributed by atoms with E-state index in [0.717, 1.165) is 19.4 Å². The van der Waals surface area contributed by atoms with Crippen LogP contribution in [-0.2, 0) is 11.2 Å². The van der Waals surface area contributed by atoms with Crippen molar-refractivity contribution in [3.63, 3.8) is 0 Å². The second-order valence-corrected chi connectivity index (χ2v) is 4.76. The first-order valence-electron chi connectivity index (χ1n) is 6.52. The van der Waals surface area contributed by atoms with Gasteiger partial charge in [0.05, 0.1) is 6.04 Å². The smallest absolute Gasteiger partial charge is 0.234 e. The fourth-order valence-electron chi connectivity index (χ4n) is 2.91. The van der Waals surface area contributed by atoms with Crippen LogP contribution in [0.3, 0.4) is 0 Å². The Bertz CT molecular complexity index is 433. The number of hydrogen-bond donors (Lipinski definition) is 2. The van der Waals surface area contributed by atoms with Gasteiger partial charge in [-0.15, -0.1) is 0 Å². The third-order valence-electron chi connectivity index (χ3n) is 3.79. The molecule has 1 aliphatic rings. The number of nitrogens with two attached hydrogens (primary N) is 2. The van der Waals surface area contributed by atoms with Gasteiger partial charge in [0.1, 0.15) is 0 Å². The molecule has 0 saturated heterocycles. The molecule has 0 fully saturated rings. The molecule has 4 nitrogen and oxygen atoms in total. The maximum absolute atomic E-state index is 11.5. The number of nitrogens with zero attached hydrogens (tertiary/aromatic N) is 1. The minimum atomic E-state index is -0.254. The fraction of sp³-hybridized carbons (Fsp3) is 0.500. The highest BCUT2D eigenvalue weighted by molar-refractivity contribution is 5.79. The molecule has 1 aromatic carbocycles. The number of carbonyl (C=O) groups excluding carboxylic acids is 1. The molecule has 2 unspecified atom stereocenters. The number of fused-ring (bicyclic) bond motifs is 1. The Hall–Kier alpha value is -1.39. The monoisotopic (exact) mass is 247 g/mol. The van der Waals surface area contributed by atoms with Crippen molar-refractivity contribution in [1.82, 2.24) is 4.90 Å². The molecule has 0 aromatic heterocycles. The minimum absolute atomic E-state index is 0.104. The number of amides is 1. The molecule has 2 atom stereocenters. The normalized spacial score (nSPS) is 21.3. The third-order valence-corrected chi connectivity index (χ3v) is 3.79. The predicted molar refractivity (Wildman–Crippen MR) is 71.9 cm³/mol. The van der Waals surface area contributed by atoms with Crippen molar-refractivity contribution in [1.29, 1.82) is 0 Å². The van der Waals surface area contributed by atoms with Gasteiger partial charge < -0.3 is 11.5 Å². The number of carbonyl (C=O) groups is 1. The molecule has 4 N–H and O–H groups in total. The summed E-state index contributed by atoms with van der Waals surface area (Å²) in [6.07, 6.45) is 1.68. The minimum Gasteiger partial charge on any atom is -0.368 e. The van der Waals surface area contributed by atoms with Crippen molar-refractivity contribution in [2.45, 2.75) is 31.8 Å². The average Bonchev–Trinajstić information content (AvgIpc) is 2.38. The average molecular weight is 247 g/mol. The Morgan fingerprint density at radius 2 is 2.22 bits per heavy atom. The van der Waals surface area contributed by atoms with Gasteiger partial charge in [-0.25, -0.2) is 0 Å². The number of hydrogen-bond acceptors (Lipinski definition) is 3. The quantitative estimate of drug-likeness (QED) is 0.827. The summed E-state index contributed by atoms with van der Waals surface area (Å²) in [6, 6.07) is 8.20. The SMILES string of the molecule is CCC(C(N)=O)N1CCc2ccccc2C1CN. The molecule has 4 heteroatoms.